The molecule has 0 radical (unpaired) electrons. The minimum atomic E-state index is -0.307. The summed E-state index contributed by atoms with van der Waals surface area (Å²) in [6, 6.07) is 3.33. The summed E-state index contributed by atoms with van der Waals surface area (Å²) in [6.07, 6.45) is 10.3. The molecule has 1 fully saturated rings. The minimum Gasteiger partial charge on any atom is -0.345 e. The van der Waals surface area contributed by atoms with Gasteiger partial charge in [-0.15, -0.1) is 0 Å². The minimum absolute atomic E-state index is 0.0169. The smallest absolute Gasteiger partial charge is 0.249 e. The molecule has 2 aromatic heterocycles. The molecule has 1 aliphatic rings. The molecule has 0 unspecified atom stereocenters. The molecule has 0 spiro atoms. The Balaban J connectivity index is 1.47. The fourth-order valence-electron chi connectivity index (χ4n) is 3.20. The van der Waals surface area contributed by atoms with Crippen molar-refractivity contribution in [3.05, 3.63) is 30.4 Å². The molecular formula is C19H27N5O2. The molecule has 1 aliphatic heterocycles. The Morgan fingerprint density at radius 1 is 1.19 bits per heavy atom. The number of hydrogen-bond donors (Lipinski definition) is 1. The SMILES string of the molecule is C[C@@H](NC(=O)CCN1CCCCCCC1)c1nc(-c2ccncc2)no1. The first-order valence-corrected chi connectivity index (χ1v) is 9.48. The van der Waals surface area contributed by atoms with Crippen LogP contribution in [-0.2, 0) is 4.79 Å². The Hall–Kier alpha value is -2.28. The molecule has 2 aromatic rings. The van der Waals surface area contributed by atoms with Crippen molar-refractivity contribution < 1.29 is 9.32 Å². The number of likely N-dealkylation sites (tertiary alicyclic amines) is 1. The molecule has 140 valence electrons. The molecule has 3 rings (SSSR count). The van der Waals surface area contributed by atoms with Gasteiger partial charge < -0.3 is 14.7 Å². The van der Waals surface area contributed by atoms with Crippen molar-refractivity contribution >= 4 is 5.91 Å². The molecule has 7 heteroatoms. The van der Waals surface area contributed by atoms with Crippen LogP contribution in [0.4, 0.5) is 0 Å². The van der Waals surface area contributed by atoms with E-state index in [2.05, 4.69) is 25.3 Å². The van der Waals surface area contributed by atoms with Crippen molar-refractivity contribution in [1.82, 2.24) is 25.3 Å². The molecule has 26 heavy (non-hydrogen) atoms. The molecule has 0 bridgehead atoms. The lowest BCUT2D eigenvalue weighted by atomic mass is 10.1. The van der Waals surface area contributed by atoms with Crippen LogP contribution in [0.3, 0.4) is 0 Å². The average molecular weight is 357 g/mol. The lowest BCUT2D eigenvalue weighted by Crippen LogP contribution is -2.33. The van der Waals surface area contributed by atoms with Crippen LogP contribution in [0.5, 0.6) is 0 Å². The van der Waals surface area contributed by atoms with Gasteiger partial charge in [0.2, 0.25) is 17.6 Å². The van der Waals surface area contributed by atoms with Crippen molar-refractivity contribution in [1.29, 1.82) is 0 Å². The first kappa shape index (κ1) is 18.5. The zero-order valence-corrected chi connectivity index (χ0v) is 15.4. The quantitative estimate of drug-likeness (QED) is 0.856. The number of amides is 1. The van der Waals surface area contributed by atoms with E-state index in [-0.39, 0.29) is 11.9 Å². The summed E-state index contributed by atoms with van der Waals surface area (Å²) in [7, 11) is 0. The van der Waals surface area contributed by atoms with E-state index >= 15 is 0 Å². The third-order valence-corrected chi connectivity index (χ3v) is 4.73. The van der Waals surface area contributed by atoms with E-state index in [0.29, 0.717) is 18.1 Å². The van der Waals surface area contributed by atoms with Crippen LogP contribution < -0.4 is 5.32 Å². The highest BCUT2D eigenvalue weighted by atomic mass is 16.5. The van der Waals surface area contributed by atoms with Gasteiger partial charge in [-0.3, -0.25) is 9.78 Å². The number of carbonyl (C=O) groups excluding carboxylic acids is 1. The summed E-state index contributed by atoms with van der Waals surface area (Å²) in [5.74, 6) is 0.934. The standard InChI is InChI=1S/C19H27N5O2/c1-15(19-22-18(23-26-19)16-7-10-20-11-8-16)21-17(25)9-14-24-12-5-3-2-4-6-13-24/h7-8,10-11,15H,2-6,9,12-14H2,1H3,(H,21,25)/t15-/m1/s1. The Morgan fingerprint density at radius 2 is 1.88 bits per heavy atom. The summed E-state index contributed by atoms with van der Waals surface area (Å²) in [5.41, 5.74) is 0.839. The van der Waals surface area contributed by atoms with Gasteiger partial charge in [0.25, 0.3) is 0 Å². The van der Waals surface area contributed by atoms with E-state index in [1.807, 2.05) is 19.1 Å². The molecular weight excluding hydrogens is 330 g/mol. The van der Waals surface area contributed by atoms with Crippen LogP contribution in [-0.4, -0.2) is 45.6 Å². The Labute approximate surface area is 154 Å². The summed E-state index contributed by atoms with van der Waals surface area (Å²) < 4.78 is 5.30. The van der Waals surface area contributed by atoms with Crippen LogP contribution >= 0.6 is 0 Å². The summed E-state index contributed by atoms with van der Waals surface area (Å²) in [5, 5.41) is 6.93. The van der Waals surface area contributed by atoms with Gasteiger partial charge in [0.15, 0.2) is 0 Å². The summed E-state index contributed by atoms with van der Waals surface area (Å²) in [6.45, 7) is 4.87. The van der Waals surface area contributed by atoms with Gasteiger partial charge in [0, 0.05) is 30.9 Å². The van der Waals surface area contributed by atoms with E-state index in [0.717, 1.165) is 25.2 Å². The van der Waals surface area contributed by atoms with Crippen molar-refractivity contribution in [2.45, 2.75) is 51.5 Å². The van der Waals surface area contributed by atoms with E-state index in [1.54, 1.807) is 12.4 Å². The third kappa shape index (κ3) is 5.36. The van der Waals surface area contributed by atoms with Gasteiger partial charge in [-0.1, -0.05) is 24.4 Å². The van der Waals surface area contributed by atoms with Crippen molar-refractivity contribution in [2.24, 2.45) is 0 Å². The number of aromatic nitrogens is 3. The molecule has 0 aliphatic carbocycles. The van der Waals surface area contributed by atoms with E-state index in [4.69, 9.17) is 4.52 Å². The second-order valence-corrected chi connectivity index (χ2v) is 6.84. The lowest BCUT2D eigenvalue weighted by molar-refractivity contribution is -0.122. The first-order valence-electron chi connectivity index (χ1n) is 9.48. The summed E-state index contributed by atoms with van der Waals surface area (Å²) in [4.78, 5) is 23.0. The molecule has 0 aromatic carbocycles. The van der Waals surface area contributed by atoms with E-state index in [1.165, 1.54) is 32.1 Å². The number of nitrogens with one attached hydrogen (secondary N) is 1. The van der Waals surface area contributed by atoms with Crippen LogP contribution in [0.1, 0.15) is 57.4 Å². The van der Waals surface area contributed by atoms with Gasteiger partial charge in [-0.25, -0.2) is 0 Å². The zero-order chi connectivity index (χ0) is 18.2. The number of carbonyl (C=O) groups is 1. The third-order valence-electron chi connectivity index (χ3n) is 4.73. The molecule has 7 nitrogen and oxygen atoms in total. The average Bonchev–Trinajstić information content (AvgIpc) is 3.12. The fourth-order valence-corrected chi connectivity index (χ4v) is 3.20. The van der Waals surface area contributed by atoms with E-state index < -0.39 is 0 Å². The summed E-state index contributed by atoms with van der Waals surface area (Å²) >= 11 is 0. The normalized spacial score (nSPS) is 17.3. The number of hydrogen-bond acceptors (Lipinski definition) is 6. The van der Waals surface area contributed by atoms with Gasteiger partial charge in [0.1, 0.15) is 6.04 Å². The number of pyridine rings is 1. The van der Waals surface area contributed by atoms with Crippen molar-refractivity contribution in [3.8, 4) is 11.4 Å². The maximum absolute atomic E-state index is 12.3. The van der Waals surface area contributed by atoms with Gasteiger partial charge >= 0.3 is 0 Å². The lowest BCUT2D eigenvalue weighted by Gasteiger charge is -2.24. The zero-order valence-electron chi connectivity index (χ0n) is 15.4. The number of rotatable bonds is 6. The Kier molecular flexibility index (Phi) is 6.71. The second kappa shape index (κ2) is 9.43. The van der Waals surface area contributed by atoms with Crippen LogP contribution in [0.25, 0.3) is 11.4 Å². The predicted molar refractivity (Wildman–Crippen MR) is 98.2 cm³/mol. The van der Waals surface area contributed by atoms with Crippen LogP contribution in [0.15, 0.2) is 29.0 Å². The number of nitrogens with zero attached hydrogens (tertiary/aromatic N) is 4. The highest BCUT2D eigenvalue weighted by molar-refractivity contribution is 5.76. The predicted octanol–water partition coefficient (Wildman–Crippen LogP) is 2.97. The highest BCUT2D eigenvalue weighted by Crippen LogP contribution is 2.18. The molecule has 1 amide bonds. The highest BCUT2D eigenvalue weighted by Gasteiger charge is 2.18. The van der Waals surface area contributed by atoms with Gasteiger partial charge in [-0.05, 0) is 45.0 Å². The van der Waals surface area contributed by atoms with E-state index in [9.17, 15) is 4.79 Å². The molecule has 1 atom stereocenters. The van der Waals surface area contributed by atoms with Gasteiger partial charge in [-0.2, -0.15) is 4.98 Å². The van der Waals surface area contributed by atoms with Crippen molar-refractivity contribution in [3.63, 3.8) is 0 Å². The Morgan fingerprint density at radius 3 is 2.62 bits per heavy atom. The topological polar surface area (TPSA) is 84.2 Å². The molecule has 0 saturated carbocycles. The first-order chi connectivity index (χ1) is 12.7. The fraction of sp³-hybridized carbons (Fsp3) is 0.579. The van der Waals surface area contributed by atoms with Crippen LogP contribution in [0.2, 0.25) is 0 Å². The van der Waals surface area contributed by atoms with Crippen molar-refractivity contribution in [2.75, 3.05) is 19.6 Å². The molecule has 1 saturated heterocycles. The maximum atomic E-state index is 12.3. The van der Waals surface area contributed by atoms with Gasteiger partial charge in [0.05, 0.1) is 0 Å². The molecule has 1 N–H and O–H groups in total. The maximum Gasteiger partial charge on any atom is 0.249 e. The largest absolute Gasteiger partial charge is 0.345 e. The second-order valence-electron chi connectivity index (χ2n) is 6.84. The Bertz CT molecular complexity index is 680. The van der Waals surface area contributed by atoms with Crippen LogP contribution in [0, 0.1) is 0 Å². The molecule has 3 heterocycles. The monoisotopic (exact) mass is 357 g/mol.